The van der Waals surface area contributed by atoms with Gasteiger partial charge >= 0.3 is 0 Å². The van der Waals surface area contributed by atoms with Crippen LogP contribution in [0, 0.1) is 0 Å². The van der Waals surface area contributed by atoms with Crippen LogP contribution in [0.5, 0.6) is 11.5 Å². The van der Waals surface area contributed by atoms with Crippen molar-refractivity contribution in [2.75, 3.05) is 18.1 Å². The molecule has 0 spiro atoms. The van der Waals surface area contributed by atoms with Crippen molar-refractivity contribution in [1.29, 1.82) is 0 Å². The maximum absolute atomic E-state index is 12.9. The molecule has 1 aliphatic heterocycles. The molecule has 35 heavy (non-hydrogen) atoms. The Hall–Kier alpha value is -3.09. The molecule has 0 atom stereocenters. The molecule has 6 heteroatoms. The third kappa shape index (κ3) is 6.53. The Morgan fingerprint density at radius 2 is 1.57 bits per heavy atom. The van der Waals surface area contributed by atoms with E-state index in [4.69, 9.17) is 21.7 Å². The summed E-state index contributed by atoms with van der Waals surface area (Å²) in [5.74, 6) is 1.52. The number of thiocarbonyl (C=S) groups is 1. The van der Waals surface area contributed by atoms with Gasteiger partial charge in [-0.3, -0.25) is 9.69 Å². The van der Waals surface area contributed by atoms with Gasteiger partial charge in [0.1, 0.15) is 11.5 Å². The molecule has 0 N–H and O–H groups in total. The van der Waals surface area contributed by atoms with Crippen molar-refractivity contribution in [3.05, 3.63) is 94.9 Å². The smallest absolute Gasteiger partial charge is 0.270 e. The van der Waals surface area contributed by atoms with Crippen molar-refractivity contribution < 1.29 is 14.3 Å². The first kappa shape index (κ1) is 25.0. The SMILES string of the molecule is CC(C)(C)c1ccc(OCCCOc2cccc(/C=C3\SC(=S)N(c4ccccc4)C3=O)c2)cc1. The summed E-state index contributed by atoms with van der Waals surface area (Å²) >= 11 is 6.76. The van der Waals surface area contributed by atoms with Crippen LogP contribution in [-0.2, 0) is 10.2 Å². The zero-order valence-corrected chi connectivity index (χ0v) is 21.8. The minimum absolute atomic E-state index is 0.106. The van der Waals surface area contributed by atoms with Gasteiger partial charge in [0, 0.05) is 6.42 Å². The van der Waals surface area contributed by atoms with Crippen molar-refractivity contribution >= 4 is 46.0 Å². The van der Waals surface area contributed by atoms with Gasteiger partial charge in [0.05, 0.1) is 23.8 Å². The van der Waals surface area contributed by atoms with Crippen LogP contribution < -0.4 is 14.4 Å². The second-order valence-electron chi connectivity index (χ2n) is 9.25. The molecule has 1 fully saturated rings. The van der Waals surface area contributed by atoms with E-state index in [1.165, 1.54) is 17.3 Å². The third-order valence-electron chi connectivity index (χ3n) is 5.51. The van der Waals surface area contributed by atoms with Gasteiger partial charge < -0.3 is 9.47 Å². The molecule has 1 aliphatic rings. The van der Waals surface area contributed by atoms with Crippen LogP contribution in [0.25, 0.3) is 6.08 Å². The number of thioether (sulfide) groups is 1. The van der Waals surface area contributed by atoms with Crippen molar-refractivity contribution in [3.63, 3.8) is 0 Å². The fourth-order valence-electron chi connectivity index (χ4n) is 3.60. The van der Waals surface area contributed by atoms with Crippen molar-refractivity contribution in [2.24, 2.45) is 0 Å². The summed E-state index contributed by atoms with van der Waals surface area (Å²) in [7, 11) is 0. The summed E-state index contributed by atoms with van der Waals surface area (Å²) in [6.45, 7) is 7.72. The van der Waals surface area contributed by atoms with E-state index in [2.05, 4.69) is 32.9 Å². The molecule has 1 heterocycles. The third-order valence-corrected chi connectivity index (χ3v) is 6.81. The molecule has 0 unspecified atom stereocenters. The molecule has 3 aromatic carbocycles. The van der Waals surface area contributed by atoms with E-state index in [-0.39, 0.29) is 11.3 Å². The van der Waals surface area contributed by atoms with Crippen LogP contribution >= 0.6 is 24.0 Å². The van der Waals surface area contributed by atoms with Crippen LogP contribution in [0.4, 0.5) is 5.69 Å². The Morgan fingerprint density at radius 3 is 2.26 bits per heavy atom. The highest BCUT2D eigenvalue weighted by Gasteiger charge is 2.33. The van der Waals surface area contributed by atoms with E-state index in [9.17, 15) is 4.79 Å². The molecule has 4 nitrogen and oxygen atoms in total. The second-order valence-corrected chi connectivity index (χ2v) is 10.9. The van der Waals surface area contributed by atoms with Crippen LogP contribution in [-0.4, -0.2) is 23.4 Å². The fourth-order valence-corrected chi connectivity index (χ4v) is 4.90. The molecule has 0 bridgehead atoms. The first-order valence-corrected chi connectivity index (χ1v) is 12.8. The first-order chi connectivity index (χ1) is 16.8. The summed E-state index contributed by atoms with van der Waals surface area (Å²) in [6, 6.07) is 25.5. The highest BCUT2D eigenvalue weighted by molar-refractivity contribution is 8.27. The monoisotopic (exact) mass is 503 g/mol. The quantitative estimate of drug-likeness (QED) is 0.184. The Morgan fingerprint density at radius 1 is 0.886 bits per heavy atom. The van der Waals surface area contributed by atoms with Gasteiger partial charge in [0.15, 0.2) is 4.32 Å². The average Bonchev–Trinajstić information content (AvgIpc) is 3.12. The van der Waals surface area contributed by atoms with Crippen LogP contribution in [0.15, 0.2) is 83.8 Å². The Labute approximate surface area is 216 Å². The molecule has 0 aromatic heterocycles. The number of amides is 1. The summed E-state index contributed by atoms with van der Waals surface area (Å²) in [5.41, 5.74) is 3.10. The summed E-state index contributed by atoms with van der Waals surface area (Å²) in [5, 5.41) is 0. The van der Waals surface area contributed by atoms with E-state index in [0.29, 0.717) is 22.4 Å². The predicted octanol–water partition coefficient (Wildman–Crippen LogP) is 7.24. The van der Waals surface area contributed by atoms with Crippen molar-refractivity contribution in [2.45, 2.75) is 32.6 Å². The van der Waals surface area contributed by atoms with Gasteiger partial charge in [-0.2, -0.15) is 0 Å². The number of benzene rings is 3. The predicted molar refractivity (Wildman–Crippen MR) is 149 cm³/mol. The zero-order valence-electron chi connectivity index (χ0n) is 20.2. The highest BCUT2D eigenvalue weighted by atomic mass is 32.2. The van der Waals surface area contributed by atoms with E-state index in [1.807, 2.05) is 72.8 Å². The molecular weight excluding hydrogens is 474 g/mol. The number of anilines is 1. The number of carbonyl (C=O) groups is 1. The first-order valence-electron chi connectivity index (χ1n) is 11.6. The lowest BCUT2D eigenvalue weighted by Crippen LogP contribution is -2.27. The van der Waals surface area contributed by atoms with Crippen LogP contribution in [0.2, 0.25) is 0 Å². The normalized spacial score (nSPS) is 15.1. The number of hydrogen-bond acceptors (Lipinski definition) is 5. The average molecular weight is 504 g/mol. The number of ether oxygens (including phenoxy) is 2. The lowest BCUT2D eigenvalue weighted by Gasteiger charge is -2.19. The lowest BCUT2D eigenvalue weighted by molar-refractivity contribution is -0.113. The molecule has 1 saturated heterocycles. The van der Waals surface area contributed by atoms with Gasteiger partial charge in [-0.15, -0.1) is 0 Å². The van der Waals surface area contributed by atoms with Gasteiger partial charge in [-0.1, -0.05) is 87.2 Å². The molecule has 0 aliphatic carbocycles. The fraction of sp³-hybridized carbons (Fsp3) is 0.241. The van der Waals surface area contributed by atoms with E-state index in [1.54, 1.807) is 4.90 Å². The number of para-hydroxylation sites is 1. The highest BCUT2D eigenvalue weighted by Crippen LogP contribution is 2.36. The topological polar surface area (TPSA) is 38.8 Å². The molecule has 1 amide bonds. The van der Waals surface area contributed by atoms with E-state index in [0.717, 1.165) is 29.2 Å². The molecular formula is C29H29NO3S2. The molecule has 180 valence electrons. The summed E-state index contributed by atoms with van der Waals surface area (Å²) in [4.78, 5) is 15.1. The van der Waals surface area contributed by atoms with E-state index < -0.39 is 0 Å². The minimum Gasteiger partial charge on any atom is -0.493 e. The van der Waals surface area contributed by atoms with Gasteiger partial charge in [0.25, 0.3) is 5.91 Å². The number of nitrogens with zero attached hydrogens (tertiary/aromatic N) is 1. The lowest BCUT2D eigenvalue weighted by atomic mass is 9.87. The number of hydrogen-bond donors (Lipinski definition) is 0. The Bertz CT molecular complexity index is 1210. The molecule has 4 rings (SSSR count). The van der Waals surface area contributed by atoms with Gasteiger partial charge in [-0.05, 0) is 59.0 Å². The maximum Gasteiger partial charge on any atom is 0.270 e. The van der Waals surface area contributed by atoms with Crippen molar-refractivity contribution in [3.8, 4) is 11.5 Å². The Kier molecular flexibility index (Phi) is 7.93. The van der Waals surface area contributed by atoms with Crippen LogP contribution in [0.1, 0.15) is 38.3 Å². The van der Waals surface area contributed by atoms with Crippen LogP contribution in [0.3, 0.4) is 0 Å². The van der Waals surface area contributed by atoms with E-state index >= 15 is 0 Å². The molecule has 0 saturated carbocycles. The largest absolute Gasteiger partial charge is 0.493 e. The molecule has 0 radical (unpaired) electrons. The minimum atomic E-state index is -0.106. The van der Waals surface area contributed by atoms with Crippen molar-refractivity contribution in [1.82, 2.24) is 0 Å². The molecule has 3 aromatic rings. The summed E-state index contributed by atoms with van der Waals surface area (Å²) < 4.78 is 12.3. The maximum atomic E-state index is 12.9. The van der Waals surface area contributed by atoms with Gasteiger partial charge in [-0.25, -0.2) is 0 Å². The number of carbonyl (C=O) groups excluding carboxylic acids is 1. The second kappa shape index (κ2) is 11.1. The Balaban J connectivity index is 1.29. The standard InChI is InChI=1S/C29H29NO3S2/c1-29(2,3)22-13-15-24(16-14-22)32-17-8-18-33-25-12-7-9-21(19-25)20-26-27(31)30(28(34)35-26)23-10-5-4-6-11-23/h4-7,9-16,19-20H,8,17-18H2,1-3H3/b26-20-. The number of rotatable bonds is 8. The summed E-state index contributed by atoms with van der Waals surface area (Å²) in [6.07, 6.45) is 2.63. The van der Waals surface area contributed by atoms with Gasteiger partial charge in [0.2, 0.25) is 0 Å². The zero-order chi connectivity index (χ0) is 24.8.